The van der Waals surface area contributed by atoms with Crippen molar-refractivity contribution < 1.29 is 18.3 Å². The van der Waals surface area contributed by atoms with E-state index in [1.807, 2.05) is 42.7 Å². The van der Waals surface area contributed by atoms with E-state index in [1.165, 1.54) is 22.4 Å². The number of halogens is 2. The zero-order valence-electron chi connectivity index (χ0n) is 25.5. The van der Waals surface area contributed by atoms with Crippen molar-refractivity contribution in [2.75, 3.05) is 4.90 Å². The summed E-state index contributed by atoms with van der Waals surface area (Å²) < 4.78 is 7.51. The number of anilines is 1. The minimum absolute atomic E-state index is 0.0586. The van der Waals surface area contributed by atoms with Crippen LogP contribution in [0, 0.1) is 6.54 Å². The molecule has 4 rings (SSSR count). The van der Waals surface area contributed by atoms with Crippen molar-refractivity contribution in [3.63, 3.8) is 0 Å². The van der Waals surface area contributed by atoms with E-state index in [0.29, 0.717) is 11.8 Å². The van der Waals surface area contributed by atoms with E-state index in [2.05, 4.69) is 108 Å². The maximum Gasteiger partial charge on any atom is 0.0145 e. The summed E-state index contributed by atoms with van der Waals surface area (Å²) in [5, 5.41) is 0. The number of ether oxygens (including phenoxy) is 1. The standard InChI is InChI=1S/C25H34N.C10H12O.2ClH.Ru/c1-18(2)21-14-11-15-22(19(3)4)23(21)26-17-25(7,16-24(26,5)6)20-12-9-8-10-13-20;1-8(2)11-10-7-5-4-6-9(10)3;;;/h8-15,17-19H,16H2,1-7H3;3-8H,1-2H3;2*1H;/q-1;;;;+2/p-2/t25-;;;;/m0..../s1. The molecular formula is C35H46Cl2NORu-. The molecule has 0 saturated carbocycles. The monoisotopic (exact) mass is 668 g/mol. The summed E-state index contributed by atoms with van der Waals surface area (Å²) in [6.45, 7) is 22.9. The summed E-state index contributed by atoms with van der Waals surface area (Å²) >= 11 is -1.77. The fraction of sp³-hybridized carbons (Fsp3) is 0.429. The van der Waals surface area contributed by atoms with E-state index in [4.69, 9.17) is 24.1 Å². The Morgan fingerprint density at radius 1 is 0.800 bits per heavy atom. The quantitative estimate of drug-likeness (QED) is 0.184. The normalized spacial score (nSPS) is 18.6. The van der Waals surface area contributed by atoms with Crippen LogP contribution in [0.15, 0.2) is 72.8 Å². The van der Waals surface area contributed by atoms with Crippen LogP contribution in [0.1, 0.15) is 103 Å². The van der Waals surface area contributed by atoms with Crippen LogP contribution >= 0.6 is 19.4 Å². The van der Waals surface area contributed by atoms with Crippen LogP contribution < -0.4 is 9.64 Å². The van der Waals surface area contributed by atoms with Crippen molar-refractivity contribution in [1.82, 2.24) is 0 Å². The summed E-state index contributed by atoms with van der Waals surface area (Å²) in [6.07, 6.45) is 1.28. The largest absolute Gasteiger partial charge is 0.517 e. The number of para-hydroxylation sites is 2. The second kappa shape index (κ2) is 14.0. The smallest absolute Gasteiger partial charge is 0.0145 e. The molecule has 5 heteroatoms. The summed E-state index contributed by atoms with van der Waals surface area (Å²) in [5.41, 5.74) is 6.88. The summed E-state index contributed by atoms with van der Waals surface area (Å²) in [6, 6.07) is 25.6. The Balaban J connectivity index is 0.000000267. The topological polar surface area (TPSA) is 12.5 Å². The molecule has 0 unspecified atom stereocenters. The molecule has 0 radical (unpaired) electrons. The van der Waals surface area contributed by atoms with Gasteiger partial charge in [-0.3, -0.25) is 0 Å². The Kier molecular flexibility index (Phi) is 11.5. The Labute approximate surface area is 256 Å². The third-order valence-corrected chi connectivity index (χ3v) is 9.18. The number of hydrogen-bond donors (Lipinski definition) is 0. The van der Waals surface area contributed by atoms with Crippen molar-refractivity contribution >= 4 is 29.7 Å². The summed E-state index contributed by atoms with van der Waals surface area (Å²) in [7, 11) is 11.6. The van der Waals surface area contributed by atoms with Crippen LogP contribution in [0.2, 0.25) is 0 Å². The molecule has 0 aliphatic carbocycles. The predicted octanol–water partition coefficient (Wildman–Crippen LogP) is 10.6. The van der Waals surface area contributed by atoms with Crippen molar-refractivity contribution in [3.8, 4) is 5.75 Å². The summed E-state index contributed by atoms with van der Waals surface area (Å²) in [5.74, 6) is 1.87. The van der Waals surface area contributed by atoms with Crippen molar-refractivity contribution in [2.45, 2.75) is 97.6 Å². The molecule has 2 nitrogen and oxygen atoms in total. The van der Waals surface area contributed by atoms with E-state index in [1.54, 1.807) is 0 Å². The fourth-order valence-corrected chi connectivity index (χ4v) is 7.46. The molecule has 40 heavy (non-hydrogen) atoms. The van der Waals surface area contributed by atoms with Crippen molar-refractivity contribution in [2.24, 2.45) is 0 Å². The second-order valence-corrected chi connectivity index (χ2v) is 18.1. The molecule has 0 aromatic heterocycles. The molecule has 0 amide bonds. The van der Waals surface area contributed by atoms with Gasteiger partial charge in [0.1, 0.15) is 0 Å². The third kappa shape index (κ3) is 8.21. The van der Waals surface area contributed by atoms with E-state index < -0.39 is 13.5 Å². The fourth-order valence-electron chi connectivity index (χ4n) is 5.65. The maximum absolute atomic E-state index is 5.82. The van der Waals surface area contributed by atoms with Gasteiger partial charge in [-0.2, -0.15) is 0 Å². The van der Waals surface area contributed by atoms with Crippen molar-refractivity contribution in [3.05, 3.63) is 102 Å². The van der Waals surface area contributed by atoms with Crippen LogP contribution in [-0.2, 0) is 18.9 Å². The van der Waals surface area contributed by atoms with Gasteiger partial charge in [0.05, 0.1) is 0 Å². The molecule has 1 saturated heterocycles. The Morgan fingerprint density at radius 2 is 1.35 bits per heavy atom. The van der Waals surface area contributed by atoms with E-state index in [0.717, 1.165) is 17.7 Å². The second-order valence-electron chi connectivity index (χ2n) is 12.4. The molecule has 3 aromatic rings. The summed E-state index contributed by atoms with van der Waals surface area (Å²) in [4.78, 5) is 2.59. The third-order valence-electron chi connectivity index (χ3n) is 7.35. The van der Waals surface area contributed by atoms with Crippen LogP contribution in [0.4, 0.5) is 5.69 Å². The minimum atomic E-state index is -1.77. The Bertz CT molecular complexity index is 1260. The molecule has 1 fully saturated rings. The molecule has 1 heterocycles. The Morgan fingerprint density at radius 3 is 1.88 bits per heavy atom. The predicted molar refractivity (Wildman–Crippen MR) is 173 cm³/mol. The van der Waals surface area contributed by atoms with Gasteiger partial charge in [0.25, 0.3) is 0 Å². The van der Waals surface area contributed by atoms with Crippen LogP contribution in [0.25, 0.3) is 0 Å². The average molecular weight is 669 g/mol. The van der Waals surface area contributed by atoms with Gasteiger partial charge in [-0.05, 0) is 43.2 Å². The van der Waals surface area contributed by atoms with E-state index in [9.17, 15) is 0 Å². The molecule has 1 atom stereocenters. The number of nitrogens with zero attached hydrogens (tertiary/aromatic N) is 1. The van der Waals surface area contributed by atoms with Gasteiger partial charge in [-0.25, -0.2) is 6.54 Å². The molecular weight excluding hydrogens is 622 g/mol. The molecule has 0 N–H and O–H groups in total. The number of rotatable bonds is 7. The average Bonchev–Trinajstić information content (AvgIpc) is 3.14. The van der Waals surface area contributed by atoms with Gasteiger partial charge >= 0.3 is 97.8 Å². The van der Waals surface area contributed by atoms with Crippen LogP contribution in [0.5, 0.6) is 5.75 Å². The number of hydrogen-bond acceptors (Lipinski definition) is 2. The maximum atomic E-state index is 5.82. The van der Waals surface area contributed by atoms with Crippen molar-refractivity contribution in [1.29, 1.82) is 0 Å². The van der Waals surface area contributed by atoms with Crippen LogP contribution in [0.3, 0.4) is 0 Å². The first kappa shape index (κ1) is 32.8. The molecule has 1 aliphatic heterocycles. The van der Waals surface area contributed by atoms with Gasteiger partial charge in [0.15, 0.2) is 0 Å². The molecule has 220 valence electrons. The first-order valence-electron chi connectivity index (χ1n) is 14.2. The molecule has 0 bridgehead atoms. The van der Waals surface area contributed by atoms with E-state index in [-0.39, 0.29) is 17.1 Å². The zero-order valence-corrected chi connectivity index (χ0v) is 28.7. The Hall–Kier alpha value is -1.67. The first-order valence-corrected chi connectivity index (χ1v) is 19.7. The number of benzene rings is 3. The minimum Gasteiger partial charge on any atom is -0.517 e. The van der Waals surface area contributed by atoms with Gasteiger partial charge in [-0.1, -0.05) is 88.7 Å². The molecule has 1 aliphatic rings. The van der Waals surface area contributed by atoms with Crippen LogP contribution in [-0.4, -0.2) is 16.3 Å². The molecule has 0 spiro atoms. The van der Waals surface area contributed by atoms with E-state index >= 15 is 0 Å². The van der Waals surface area contributed by atoms with Gasteiger partial charge < -0.3 is 4.90 Å². The first-order chi connectivity index (χ1) is 18.7. The zero-order chi connectivity index (χ0) is 29.7. The molecule has 3 aromatic carbocycles. The van der Waals surface area contributed by atoms with Gasteiger partial charge in [0, 0.05) is 11.2 Å². The van der Waals surface area contributed by atoms with Gasteiger partial charge in [0.2, 0.25) is 0 Å². The SMILES string of the molecule is CC(C)Oc1ccccc1[CH]=[Ru]([Cl])[Cl].CC(C)c1cccc(C(C)C)c1N1[CH-][C@@](C)(c2ccccc2)CC1(C)C. The van der Waals surface area contributed by atoms with Gasteiger partial charge in [-0.15, -0.1) is 5.41 Å².